The maximum atomic E-state index is 9.56. The highest BCUT2D eigenvalue weighted by atomic mass is 16.5. The zero-order valence-corrected chi connectivity index (χ0v) is 14.0. The SMILES string of the molecule is CNC1(CO)CCC(Oc2ccc(C(C)(C)C)cc2C)C1. The molecule has 2 unspecified atom stereocenters. The third-order valence-electron chi connectivity index (χ3n) is 4.73. The van der Waals surface area contributed by atoms with Gasteiger partial charge in [-0.25, -0.2) is 0 Å². The molecule has 0 aliphatic heterocycles. The molecule has 1 fully saturated rings. The normalized spacial score (nSPS) is 26.1. The minimum absolute atomic E-state index is 0.162. The zero-order chi connectivity index (χ0) is 15.7. The molecule has 1 aromatic rings. The van der Waals surface area contributed by atoms with E-state index in [2.05, 4.69) is 51.2 Å². The second-order valence-electron chi connectivity index (χ2n) is 7.40. The summed E-state index contributed by atoms with van der Waals surface area (Å²) in [6.45, 7) is 8.95. The van der Waals surface area contributed by atoms with Gasteiger partial charge in [0.1, 0.15) is 11.9 Å². The molecule has 0 amide bonds. The lowest BCUT2D eigenvalue weighted by atomic mass is 9.86. The van der Waals surface area contributed by atoms with Crippen LogP contribution in [0.25, 0.3) is 0 Å². The minimum Gasteiger partial charge on any atom is -0.490 e. The van der Waals surface area contributed by atoms with Crippen molar-refractivity contribution < 1.29 is 9.84 Å². The number of nitrogens with one attached hydrogen (secondary N) is 1. The highest BCUT2D eigenvalue weighted by Gasteiger charge is 2.38. The molecular weight excluding hydrogens is 262 g/mol. The summed E-state index contributed by atoms with van der Waals surface area (Å²) >= 11 is 0. The Morgan fingerprint density at radius 3 is 2.57 bits per heavy atom. The third-order valence-corrected chi connectivity index (χ3v) is 4.73. The van der Waals surface area contributed by atoms with Crippen molar-refractivity contribution in [1.82, 2.24) is 5.32 Å². The van der Waals surface area contributed by atoms with E-state index in [0.717, 1.165) is 25.0 Å². The number of likely N-dealkylation sites (N-methyl/N-ethyl adjacent to an activating group) is 1. The van der Waals surface area contributed by atoms with Gasteiger partial charge in [0.15, 0.2) is 0 Å². The van der Waals surface area contributed by atoms with Gasteiger partial charge in [0.25, 0.3) is 0 Å². The van der Waals surface area contributed by atoms with Crippen LogP contribution in [0.4, 0.5) is 0 Å². The predicted molar refractivity (Wildman–Crippen MR) is 87.0 cm³/mol. The molecule has 0 saturated heterocycles. The van der Waals surface area contributed by atoms with Gasteiger partial charge in [-0.3, -0.25) is 0 Å². The molecule has 0 aromatic heterocycles. The number of aliphatic hydroxyl groups is 1. The van der Waals surface area contributed by atoms with Crippen molar-refractivity contribution in [2.45, 2.75) is 64.0 Å². The number of ether oxygens (including phenoxy) is 1. The summed E-state index contributed by atoms with van der Waals surface area (Å²) in [5.41, 5.74) is 2.52. The second-order valence-corrected chi connectivity index (χ2v) is 7.40. The van der Waals surface area contributed by atoms with E-state index in [4.69, 9.17) is 4.74 Å². The van der Waals surface area contributed by atoms with E-state index < -0.39 is 0 Å². The first-order valence-corrected chi connectivity index (χ1v) is 7.87. The molecule has 118 valence electrons. The molecule has 1 aromatic carbocycles. The van der Waals surface area contributed by atoms with E-state index in [1.54, 1.807) is 0 Å². The molecule has 2 N–H and O–H groups in total. The summed E-state index contributed by atoms with van der Waals surface area (Å²) in [5.74, 6) is 0.970. The van der Waals surface area contributed by atoms with Gasteiger partial charge >= 0.3 is 0 Å². The van der Waals surface area contributed by atoms with E-state index in [-0.39, 0.29) is 23.7 Å². The van der Waals surface area contributed by atoms with E-state index in [1.807, 2.05) is 7.05 Å². The lowest BCUT2D eigenvalue weighted by Gasteiger charge is -2.26. The highest BCUT2D eigenvalue weighted by molar-refractivity contribution is 5.39. The van der Waals surface area contributed by atoms with Gasteiger partial charge in [0.05, 0.1) is 6.61 Å². The molecule has 1 saturated carbocycles. The molecule has 1 aliphatic rings. The first-order chi connectivity index (χ1) is 9.79. The van der Waals surface area contributed by atoms with E-state index in [0.29, 0.717) is 0 Å². The van der Waals surface area contributed by atoms with Crippen molar-refractivity contribution in [3.63, 3.8) is 0 Å². The summed E-state index contributed by atoms with van der Waals surface area (Å²) in [7, 11) is 1.92. The van der Waals surface area contributed by atoms with Crippen molar-refractivity contribution in [3.05, 3.63) is 29.3 Å². The van der Waals surface area contributed by atoms with Crippen LogP contribution in [0.5, 0.6) is 5.75 Å². The molecule has 21 heavy (non-hydrogen) atoms. The number of hydrogen-bond acceptors (Lipinski definition) is 3. The van der Waals surface area contributed by atoms with Crippen molar-refractivity contribution in [2.75, 3.05) is 13.7 Å². The molecule has 0 heterocycles. The van der Waals surface area contributed by atoms with Gasteiger partial charge in [-0.1, -0.05) is 32.9 Å². The van der Waals surface area contributed by atoms with Crippen LogP contribution in [-0.4, -0.2) is 30.4 Å². The van der Waals surface area contributed by atoms with Crippen LogP contribution in [0.3, 0.4) is 0 Å². The number of benzene rings is 1. The highest BCUT2D eigenvalue weighted by Crippen LogP contribution is 2.34. The fraction of sp³-hybridized carbons (Fsp3) is 0.667. The molecule has 3 nitrogen and oxygen atoms in total. The largest absolute Gasteiger partial charge is 0.490 e. The smallest absolute Gasteiger partial charge is 0.122 e. The van der Waals surface area contributed by atoms with Crippen LogP contribution in [0.1, 0.15) is 51.2 Å². The standard InChI is InChI=1S/C18H29NO2/c1-13-10-14(17(2,3)4)6-7-16(13)21-15-8-9-18(11-15,12-20)19-5/h6-7,10,15,19-20H,8-9,11-12H2,1-5H3. The quantitative estimate of drug-likeness (QED) is 0.895. The molecule has 2 rings (SSSR count). The average molecular weight is 291 g/mol. The third kappa shape index (κ3) is 3.58. The van der Waals surface area contributed by atoms with Crippen LogP contribution in [0.15, 0.2) is 18.2 Å². The molecule has 1 aliphatic carbocycles. The number of hydrogen-bond donors (Lipinski definition) is 2. The summed E-state index contributed by atoms with van der Waals surface area (Å²) in [4.78, 5) is 0. The van der Waals surface area contributed by atoms with Crippen LogP contribution < -0.4 is 10.1 Å². The first kappa shape index (κ1) is 16.3. The van der Waals surface area contributed by atoms with Crippen LogP contribution in [0.2, 0.25) is 0 Å². The maximum Gasteiger partial charge on any atom is 0.122 e. The lowest BCUT2D eigenvalue weighted by Crippen LogP contribution is -2.44. The van der Waals surface area contributed by atoms with Crippen LogP contribution in [-0.2, 0) is 5.41 Å². The summed E-state index contributed by atoms with van der Waals surface area (Å²) < 4.78 is 6.18. The van der Waals surface area contributed by atoms with Crippen molar-refractivity contribution in [1.29, 1.82) is 0 Å². The number of rotatable bonds is 4. The predicted octanol–water partition coefficient (Wildman–Crippen LogP) is 3.17. The van der Waals surface area contributed by atoms with Gasteiger partial charge in [0, 0.05) is 12.0 Å². The number of aryl methyl sites for hydroxylation is 1. The van der Waals surface area contributed by atoms with E-state index in [9.17, 15) is 5.11 Å². The summed E-state index contributed by atoms with van der Waals surface area (Å²) in [5, 5.41) is 12.8. The lowest BCUT2D eigenvalue weighted by molar-refractivity contribution is 0.146. The Balaban J connectivity index is 2.08. The summed E-state index contributed by atoms with van der Waals surface area (Å²) in [6, 6.07) is 6.48. The van der Waals surface area contributed by atoms with Gasteiger partial charge in [0.2, 0.25) is 0 Å². The Labute approximate surface area is 128 Å². The van der Waals surface area contributed by atoms with Gasteiger partial charge in [-0.15, -0.1) is 0 Å². The van der Waals surface area contributed by atoms with Crippen molar-refractivity contribution in [2.24, 2.45) is 0 Å². The molecule has 3 heteroatoms. The van der Waals surface area contributed by atoms with Crippen LogP contribution >= 0.6 is 0 Å². The Bertz CT molecular complexity index is 486. The average Bonchev–Trinajstić information content (AvgIpc) is 2.84. The minimum atomic E-state index is -0.163. The zero-order valence-electron chi connectivity index (χ0n) is 14.0. The van der Waals surface area contributed by atoms with E-state index >= 15 is 0 Å². The van der Waals surface area contributed by atoms with Crippen molar-refractivity contribution in [3.8, 4) is 5.75 Å². The Morgan fingerprint density at radius 2 is 2.10 bits per heavy atom. The van der Waals surface area contributed by atoms with Gasteiger partial charge < -0.3 is 15.2 Å². The topological polar surface area (TPSA) is 41.5 Å². The van der Waals surface area contributed by atoms with Gasteiger partial charge in [-0.05, 0) is 49.4 Å². The fourth-order valence-corrected chi connectivity index (χ4v) is 3.06. The molecule has 2 atom stereocenters. The molecular formula is C18H29NO2. The molecule has 0 bridgehead atoms. The summed E-state index contributed by atoms with van der Waals surface area (Å²) in [6.07, 6.45) is 3.00. The van der Waals surface area contributed by atoms with Gasteiger partial charge in [-0.2, -0.15) is 0 Å². The Kier molecular flexibility index (Phi) is 4.64. The first-order valence-electron chi connectivity index (χ1n) is 7.87. The Morgan fingerprint density at radius 1 is 1.38 bits per heavy atom. The monoisotopic (exact) mass is 291 g/mol. The second kappa shape index (κ2) is 5.98. The van der Waals surface area contributed by atoms with Crippen LogP contribution in [0, 0.1) is 6.92 Å². The number of aliphatic hydroxyl groups excluding tert-OH is 1. The molecule has 0 radical (unpaired) electrons. The maximum absolute atomic E-state index is 9.56. The van der Waals surface area contributed by atoms with Crippen molar-refractivity contribution >= 4 is 0 Å². The molecule has 0 spiro atoms. The fourth-order valence-electron chi connectivity index (χ4n) is 3.06. The Hall–Kier alpha value is -1.06. The van der Waals surface area contributed by atoms with E-state index in [1.165, 1.54) is 11.1 Å².